The molecule has 0 spiro atoms. The highest BCUT2D eigenvalue weighted by Gasteiger charge is 2.39. The second kappa shape index (κ2) is 5.56. The van der Waals surface area contributed by atoms with Gasteiger partial charge in [0.2, 0.25) is 0 Å². The molecule has 2 atom stereocenters. The minimum Gasteiger partial charge on any atom is -0.300 e. The van der Waals surface area contributed by atoms with Crippen molar-refractivity contribution < 1.29 is 0 Å². The molecule has 0 aromatic carbocycles. The highest BCUT2D eigenvalue weighted by molar-refractivity contribution is 5.07. The molecule has 0 radical (unpaired) electrons. The van der Waals surface area contributed by atoms with E-state index in [4.69, 9.17) is 0 Å². The predicted octanol–water partition coefficient (Wildman–Crippen LogP) is 4.24. The number of hydrogen-bond donors (Lipinski definition) is 0. The van der Waals surface area contributed by atoms with Crippen LogP contribution in [0, 0.1) is 11.3 Å². The van der Waals surface area contributed by atoms with Crippen molar-refractivity contribution in [3.05, 3.63) is 12.2 Å². The van der Waals surface area contributed by atoms with E-state index in [9.17, 15) is 0 Å². The number of hydrogen-bond acceptors (Lipinski definition) is 1. The molecule has 1 nitrogen and oxygen atoms in total. The summed E-state index contributed by atoms with van der Waals surface area (Å²) in [6, 6.07) is 0.904. The maximum atomic E-state index is 2.72. The Kier molecular flexibility index (Phi) is 4.30. The van der Waals surface area contributed by atoms with Crippen LogP contribution in [0.15, 0.2) is 12.2 Å². The topological polar surface area (TPSA) is 3.24 Å². The lowest BCUT2D eigenvalue weighted by Gasteiger charge is -2.26. The second-order valence-corrected chi connectivity index (χ2v) is 7.09. The first-order valence-electron chi connectivity index (χ1n) is 7.47. The van der Waals surface area contributed by atoms with Gasteiger partial charge in [-0.05, 0) is 56.5 Å². The molecule has 2 fully saturated rings. The maximum Gasteiger partial charge on any atom is 0.0165 e. The Hall–Kier alpha value is -0.300. The highest BCUT2D eigenvalue weighted by atomic mass is 15.2. The zero-order chi connectivity index (χ0) is 12.3. The smallest absolute Gasteiger partial charge is 0.0165 e. The van der Waals surface area contributed by atoms with Gasteiger partial charge in [-0.3, -0.25) is 4.90 Å². The van der Waals surface area contributed by atoms with Crippen molar-refractivity contribution in [2.24, 2.45) is 11.3 Å². The fourth-order valence-electron chi connectivity index (χ4n) is 2.86. The van der Waals surface area contributed by atoms with E-state index in [1.54, 1.807) is 0 Å². The van der Waals surface area contributed by atoms with Crippen molar-refractivity contribution in [1.82, 2.24) is 4.90 Å². The third-order valence-corrected chi connectivity index (χ3v) is 4.11. The molecule has 0 N–H and O–H groups in total. The summed E-state index contributed by atoms with van der Waals surface area (Å²) in [6.45, 7) is 9.70. The van der Waals surface area contributed by atoms with E-state index in [0.29, 0.717) is 5.41 Å². The van der Waals surface area contributed by atoms with Crippen LogP contribution < -0.4 is 0 Å². The average molecular weight is 235 g/mol. The monoisotopic (exact) mass is 235 g/mol. The molecule has 98 valence electrons. The number of rotatable bonds is 4. The number of nitrogens with zero attached hydrogens (tertiary/aromatic N) is 1. The Bertz CT molecular complexity index is 255. The van der Waals surface area contributed by atoms with Gasteiger partial charge < -0.3 is 0 Å². The summed E-state index contributed by atoms with van der Waals surface area (Å²) in [4.78, 5) is 2.72. The molecule has 1 aliphatic carbocycles. The summed E-state index contributed by atoms with van der Waals surface area (Å²) >= 11 is 0. The summed E-state index contributed by atoms with van der Waals surface area (Å²) in [5.41, 5.74) is 0.486. The first kappa shape index (κ1) is 13.1. The molecule has 2 unspecified atom stereocenters. The van der Waals surface area contributed by atoms with E-state index in [1.165, 1.54) is 51.6 Å². The van der Waals surface area contributed by atoms with Crippen molar-refractivity contribution in [3.63, 3.8) is 0 Å². The first-order chi connectivity index (χ1) is 8.06. The molecule has 1 heteroatoms. The van der Waals surface area contributed by atoms with Gasteiger partial charge in [0.15, 0.2) is 0 Å². The largest absolute Gasteiger partial charge is 0.300 e. The average Bonchev–Trinajstić information content (AvgIpc) is 3.04. The first-order valence-corrected chi connectivity index (χ1v) is 7.47. The fraction of sp³-hybridized carbons (Fsp3) is 0.875. The van der Waals surface area contributed by atoms with E-state index >= 15 is 0 Å². The minimum atomic E-state index is 0.486. The predicted molar refractivity (Wildman–Crippen MR) is 75.1 cm³/mol. The maximum absolute atomic E-state index is 2.72. The SMILES string of the molecule is CC(C)(C)CC/C=C/C1CC1N1CCCCC1. The Morgan fingerprint density at radius 2 is 1.82 bits per heavy atom. The molecule has 2 aliphatic rings. The summed E-state index contributed by atoms with van der Waals surface area (Å²) in [6.07, 6.45) is 13.2. The third-order valence-electron chi connectivity index (χ3n) is 4.11. The Labute approximate surface area is 107 Å². The zero-order valence-electron chi connectivity index (χ0n) is 11.9. The van der Waals surface area contributed by atoms with Gasteiger partial charge in [-0.15, -0.1) is 0 Å². The van der Waals surface area contributed by atoms with Crippen molar-refractivity contribution in [1.29, 1.82) is 0 Å². The lowest BCUT2D eigenvalue weighted by Crippen LogP contribution is -2.32. The standard InChI is InChI=1S/C16H29N/c1-16(2,3)10-6-5-9-14-13-15(14)17-11-7-4-8-12-17/h5,9,14-15H,4,6-8,10-13H2,1-3H3/b9-5+. The number of likely N-dealkylation sites (tertiary alicyclic amines) is 1. The molecule has 0 amide bonds. The van der Waals surface area contributed by atoms with E-state index < -0.39 is 0 Å². The van der Waals surface area contributed by atoms with Crippen LogP contribution in [0.5, 0.6) is 0 Å². The van der Waals surface area contributed by atoms with Gasteiger partial charge in [0.1, 0.15) is 0 Å². The normalized spacial score (nSPS) is 31.0. The van der Waals surface area contributed by atoms with Crippen molar-refractivity contribution in [2.75, 3.05) is 13.1 Å². The van der Waals surface area contributed by atoms with Crippen LogP contribution in [0.3, 0.4) is 0 Å². The van der Waals surface area contributed by atoms with Crippen LogP contribution in [0.4, 0.5) is 0 Å². The van der Waals surface area contributed by atoms with Crippen LogP contribution in [0.1, 0.15) is 59.3 Å². The fourth-order valence-corrected chi connectivity index (χ4v) is 2.86. The third kappa shape index (κ3) is 4.46. The van der Waals surface area contributed by atoms with Gasteiger partial charge in [-0.1, -0.05) is 39.3 Å². The minimum absolute atomic E-state index is 0.486. The quantitative estimate of drug-likeness (QED) is 0.659. The molecule has 1 saturated heterocycles. The van der Waals surface area contributed by atoms with Crippen LogP contribution in [-0.4, -0.2) is 24.0 Å². The van der Waals surface area contributed by atoms with E-state index in [2.05, 4.69) is 37.8 Å². The van der Waals surface area contributed by atoms with E-state index in [0.717, 1.165) is 12.0 Å². The molecule has 0 bridgehead atoms. The number of piperidine rings is 1. The van der Waals surface area contributed by atoms with Gasteiger partial charge in [-0.25, -0.2) is 0 Å². The molecule has 1 saturated carbocycles. The molecule has 2 rings (SSSR count). The van der Waals surface area contributed by atoms with Gasteiger partial charge in [-0.2, -0.15) is 0 Å². The van der Waals surface area contributed by atoms with Crippen molar-refractivity contribution in [3.8, 4) is 0 Å². The molecule has 0 aromatic heterocycles. The van der Waals surface area contributed by atoms with Crippen LogP contribution in [-0.2, 0) is 0 Å². The summed E-state index contributed by atoms with van der Waals surface area (Å²) < 4.78 is 0. The molecule has 17 heavy (non-hydrogen) atoms. The molecular formula is C16H29N. The van der Waals surface area contributed by atoms with Gasteiger partial charge in [0.05, 0.1) is 0 Å². The van der Waals surface area contributed by atoms with E-state index in [-0.39, 0.29) is 0 Å². The Morgan fingerprint density at radius 3 is 2.47 bits per heavy atom. The summed E-state index contributed by atoms with van der Waals surface area (Å²) in [5, 5.41) is 0. The molecule has 1 heterocycles. The highest BCUT2D eigenvalue weighted by Crippen LogP contribution is 2.38. The van der Waals surface area contributed by atoms with Crippen LogP contribution >= 0.6 is 0 Å². The lowest BCUT2D eigenvalue weighted by atomic mass is 9.90. The summed E-state index contributed by atoms with van der Waals surface area (Å²) in [7, 11) is 0. The van der Waals surface area contributed by atoms with Gasteiger partial charge >= 0.3 is 0 Å². The van der Waals surface area contributed by atoms with Crippen molar-refractivity contribution in [2.45, 2.75) is 65.3 Å². The van der Waals surface area contributed by atoms with Gasteiger partial charge in [0.25, 0.3) is 0 Å². The zero-order valence-corrected chi connectivity index (χ0v) is 11.9. The lowest BCUT2D eigenvalue weighted by molar-refractivity contribution is 0.214. The number of allylic oxidation sites excluding steroid dienone is 1. The van der Waals surface area contributed by atoms with Gasteiger partial charge in [0, 0.05) is 6.04 Å². The second-order valence-electron chi connectivity index (χ2n) is 7.09. The Balaban J connectivity index is 1.63. The Morgan fingerprint density at radius 1 is 1.12 bits per heavy atom. The van der Waals surface area contributed by atoms with Crippen molar-refractivity contribution >= 4 is 0 Å². The van der Waals surface area contributed by atoms with E-state index in [1.807, 2.05) is 0 Å². The molecule has 1 aliphatic heterocycles. The van der Waals surface area contributed by atoms with Crippen LogP contribution in [0.25, 0.3) is 0 Å². The van der Waals surface area contributed by atoms with Crippen LogP contribution in [0.2, 0.25) is 0 Å². The summed E-state index contributed by atoms with van der Waals surface area (Å²) in [5.74, 6) is 0.882. The molecule has 0 aromatic rings. The molecular weight excluding hydrogens is 206 g/mol.